The van der Waals surface area contributed by atoms with E-state index in [9.17, 15) is 19.2 Å². The molecule has 1 fully saturated rings. The van der Waals surface area contributed by atoms with E-state index in [1.54, 1.807) is 18.2 Å². The number of hydrogen-bond acceptors (Lipinski definition) is 7. The van der Waals surface area contributed by atoms with Crippen molar-refractivity contribution in [3.63, 3.8) is 0 Å². The molecular weight excluding hydrogens is 336 g/mol. The molecule has 3 N–H and O–H groups in total. The Morgan fingerprint density at radius 2 is 1.96 bits per heavy atom. The Labute approximate surface area is 150 Å². The molecule has 0 amide bonds. The molecule has 7 heteroatoms. The van der Waals surface area contributed by atoms with Gasteiger partial charge >= 0.3 is 0 Å². The average Bonchev–Trinajstić information content (AvgIpc) is 2.63. The highest BCUT2D eigenvalue weighted by molar-refractivity contribution is 6.21. The molecule has 0 spiro atoms. The van der Waals surface area contributed by atoms with Gasteiger partial charge in [0.2, 0.25) is 0 Å². The normalized spacial score (nSPS) is 25.8. The fourth-order valence-electron chi connectivity index (χ4n) is 3.87. The van der Waals surface area contributed by atoms with Crippen molar-refractivity contribution in [1.29, 1.82) is 5.41 Å². The van der Waals surface area contributed by atoms with E-state index in [2.05, 4.69) is 5.32 Å². The summed E-state index contributed by atoms with van der Waals surface area (Å²) in [6, 6.07) is 4.90. The van der Waals surface area contributed by atoms with Gasteiger partial charge in [-0.25, -0.2) is 0 Å². The number of Topliss-reactive ketones (excluding diaryl/α,β-unsaturated/α-hetero) is 4. The van der Waals surface area contributed by atoms with Crippen LogP contribution in [-0.2, 0) is 9.59 Å². The summed E-state index contributed by atoms with van der Waals surface area (Å²) in [6.07, 6.45) is 1.12. The number of benzene rings is 1. The summed E-state index contributed by atoms with van der Waals surface area (Å²) in [5.41, 5.74) is 1.06. The van der Waals surface area contributed by atoms with Crippen LogP contribution in [0.25, 0.3) is 0 Å². The Morgan fingerprint density at radius 3 is 2.65 bits per heavy atom. The van der Waals surface area contributed by atoms with Crippen LogP contribution in [0.2, 0.25) is 0 Å². The standard InChI is InChI=1S/C19H20N2O5/c20-9-13-15(23)5-4-10(18(13)25)12-8-16(24)17-11(19(12)26)2-1-3-14(17)21-6-7-22/h1-3,9-10,12-13,20-22H,4-8H2. The summed E-state index contributed by atoms with van der Waals surface area (Å²) in [6.45, 7) is 0.148. The minimum absolute atomic E-state index is 0.0844. The number of ketones is 4. The molecule has 3 rings (SSSR count). The van der Waals surface area contributed by atoms with Gasteiger partial charge in [-0.2, -0.15) is 0 Å². The Hall–Kier alpha value is -2.67. The van der Waals surface area contributed by atoms with Gasteiger partial charge in [-0.05, 0) is 12.5 Å². The summed E-state index contributed by atoms with van der Waals surface area (Å²) in [5, 5.41) is 19.2. The van der Waals surface area contributed by atoms with Crippen molar-refractivity contribution in [1.82, 2.24) is 0 Å². The average molecular weight is 356 g/mol. The van der Waals surface area contributed by atoms with Gasteiger partial charge in [0.1, 0.15) is 11.7 Å². The third-order valence-electron chi connectivity index (χ3n) is 5.15. The highest BCUT2D eigenvalue weighted by atomic mass is 16.3. The highest BCUT2D eigenvalue weighted by Gasteiger charge is 2.46. The van der Waals surface area contributed by atoms with Crippen LogP contribution in [0.3, 0.4) is 0 Å². The summed E-state index contributed by atoms with van der Waals surface area (Å²) in [5.74, 6) is -3.84. The van der Waals surface area contributed by atoms with E-state index in [1.165, 1.54) is 0 Å². The molecule has 2 aliphatic rings. The first-order chi connectivity index (χ1) is 12.5. The van der Waals surface area contributed by atoms with Crippen molar-refractivity contribution in [3.05, 3.63) is 29.3 Å². The lowest BCUT2D eigenvalue weighted by atomic mass is 9.67. The van der Waals surface area contributed by atoms with Gasteiger partial charge in [-0.3, -0.25) is 19.2 Å². The Bertz CT molecular complexity index is 801. The first kappa shape index (κ1) is 18.1. The van der Waals surface area contributed by atoms with Crippen LogP contribution in [0.15, 0.2) is 18.2 Å². The van der Waals surface area contributed by atoms with Gasteiger partial charge < -0.3 is 15.8 Å². The molecule has 136 valence electrons. The van der Waals surface area contributed by atoms with Gasteiger partial charge in [-0.1, -0.05) is 12.1 Å². The van der Waals surface area contributed by atoms with E-state index in [4.69, 9.17) is 10.5 Å². The van der Waals surface area contributed by atoms with Crippen LogP contribution in [-0.4, -0.2) is 47.6 Å². The zero-order valence-electron chi connectivity index (χ0n) is 14.2. The maximum Gasteiger partial charge on any atom is 0.167 e. The van der Waals surface area contributed by atoms with Crippen molar-refractivity contribution in [2.45, 2.75) is 19.3 Å². The minimum atomic E-state index is -1.10. The zero-order valence-corrected chi connectivity index (χ0v) is 14.2. The molecule has 1 aromatic rings. The summed E-state index contributed by atoms with van der Waals surface area (Å²) >= 11 is 0. The largest absolute Gasteiger partial charge is 0.395 e. The lowest BCUT2D eigenvalue weighted by Gasteiger charge is -2.33. The predicted molar refractivity (Wildman–Crippen MR) is 93.8 cm³/mol. The molecule has 3 unspecified atom stereocenters. The second-order valence-corrected chi connectivity index (χ2v) is 6.63. The van der Waals surface area contributed by atoms with Crippen molar-refractivity contribution in [2.75, 3.05) is 18.5 Å². The Morgan fingerprint density at radius 1 is 1.19 bits per heavy atom. The molecule has 3 atom stereocenters. The number of aliphatic hydroxyl groups is 1. The van der Waals surface area contributed by atoms with Crippen molar-refractivity contribution >= 4 is 35.0 Å². The molecule has 2 aliphatic carbocycles. The number of aliphatic hydroxyl groups excluding tert-OH is 1. The molecule has 1 saturated carbocycles. The van der Waals surface area contributed by atoms with Gasteiger partial charge in [0.05, 0.1) is 12.2 Å². The summed E-state index contributed by atoms with van der Waals surface area (Å²) < 4.78 is 0. The second-order valence-electron chi connectivity index (χ2n) is 6.63. The molecular formula is C19H20N2O5. The van der Waals surface area contributed by atoms with Crippen LogP contribution in [0.5, 0.6) is 0 Å². The smallest absolute Gasteiger partial charge is 0.167 e. The maximum atomic E-state index is 13.0. The molecule has 0 radical (unpaired) electrons. The summed E-state index contributed by atoms with van der Waals surface area (Å²) in [7, 11) is 0. The molecule has 0 bridgehead atoms. The number of anilines is 1. The van der Waals surface area contributed by atoms with E-state index in [1.807, 2.05) is 0 Å². The molecule has 1 aromatic carbocycles. The van der Waals surface area contributed by atoms with Crippen molar-refractivity contribution in [2.24, 2.45) is 17.8 Å². The molecule has 0 saturated heterocycles. The SMILES string of the molecule is N=CC1C(=O)CCC(C2CC(=O)c3c(NCCO)cccc3C2=O)C1=O. The highest BCUT2D eigenvalue weighted by Crippen LogP contribution is 2.38. The van der Waals surface area contributed by atoms with Crippen molar-refractivity contribution in [3.8, 4) is 0 Å². The van der Waals surface area contributed by atoms with Gasteiger partial charge in [0.25, 0.3) is 0 Å². The number of rotatable bonds is 5. The lowest BCUT2D eigenvalue weighted by Crippen LogP contribution is -2.44. The number of carbonyl (C=O) groups excluding carboxylic acids is 4. The van der Waals surface area contributed by atoms with E-state index < -0.39 is 23.5 Å². The first-order valence-electron chi connectivity index (χ1n) is 8.61. The topological polar surface area (TPSA) is 124 Å². The fraction of sp³-hybridized carbons (Fsp3) is 0.421. The first-order valence-corrected chi connectivity index (χ1v) is 8.61. The van der Waals surface area contributed by atoms with Crippen LogP contribution in [0.1, 0.15) is 40.0 Å². The van der Waals surface area contributed by atoms with Gasteiger partial charge in [0.15, 0.2) is 17.3 Å². The van der Waals surface area contributed by atoms with E-state index in [-0.39, 0.29) is 55.3 Å². The van der Waals surface area contributed by atoms with Crippen LogP contribution in [0.4, 0.5) is 5.69 Å². The fourth-order valence-corrected chi connectivity index (χ4v) is 3.87. The third-order valence-corrected chi connectivity index (χ3v) is 5.15. The number of fused-ring (bicyclic) bond motifs is 1. The monoisotopic (exact) mass is 356 g/mol. The second kappa shape index (κ2) is 7.29. The number of carbonyl (C=O) groups is 4. The molecule has 0 heterocycles. The van der Waals surface area contributed by atoms with Crippen molar-refractivity contribution < 1.29 is 24.3 Å². The minimum Gasteiger partial charge on any atom is -0.395 e. The van der Waals surface area contributed by atoms with Gasteiger partial charge in [-0.15, -0.1) is 0 Å². The Kier molecular flexibility index (Phi) is 5.08. The zero-order chi connectivity index (χ0) is 18.8. The van der Waals surface area contributed by atoms with Gasteiger partial charge in [0, 0.05) is 48.7 Å². The molecule has 0 aromatic heterocycles. The van der Waals surface area contributed by atoms with Crippen LogP contribution < -0.4 is 5.32 Å². The molecule has 26 heavy (non-hydrogen) atoms. The number of nitrogens with one attached hydrogen (secondary N) is 2. The number of hydrogen-bond donors (Lipinski definition) is 3. The molecule has 0 aliphatic heterocycles. The maximum absolute atomic E-state index is 13.0. The Balaban J connectivity index is 1.94. The van der Waals surface area contributed by atoms with E-state index in [0.29, 0.717) is 11.3 Å². The predicted octanol–water partition coefficient (Wildman–Crippen LogP) is 1.29. The van der Waals surface area contributed by atoms with E-state index in [0.717, 1.165) is 6.21 Å². The van der Waals surface area contributed by atoms with Crippen LogP contribution >= 0.6 is 0 Å². The molecule has 7 nitrogen and oxygen atoms in total. The quantitative estimate of drug-likeness (QED) is 0.539. The van der Waals surface area contributed by atoms with Crippen LogP contribution in [0, 0.1) is 23.2 Å². The third kappa shape index (κ3) is 2.99. The summed E-state index contributed by atoms with van der Waals surface area (Å²) in [4.78, 5) is 50.1. The lowest BCUT2D eigenvalue weighted by molar-refractivity contribution is -0.136. The van der Waals surface area contributed by atoms with E-state index >= 15 is 0 Å².